The van der Waals surface area contributed by atoms with Gasteiger partial charge in [-0.15, -0.1) is 0 Å². The molecular formula is C23H40O3. The molecule has 150 valence electrons. The van der Waals surface area contributed by atoms with Gasteiger partial charge in [-0.1, -0.05) is 33.6 Å². The van der Waals surface area contributed by atoms with Crippen LogP contribution in [0.2, 0.25) is 0 Å². The predicted molar refractivity (Wildman–Crippen MR) is 104 cm³/mol. The molecule has 0 spiro atoms. The standard InChI is InChI=1S/C23H40O3/c1-4-5-6-14-7-8-15-12-18-19(25)13-16-11-17(24)9-10-22(16,2)20(18)21(26)23(14,15)3/h14-21,24-26H,4-13H2,1-3H3/t14-,15?,16?,17+,18?,19+,20?,21-,22-,23+/m0/s1. The molecule has 4 saturated carbocycles. The van der Waals surface area contributed by atoms with Crippen LogP contribution in [0.25, 0.3) is 0 Å². The monoisotopic (exact) mass is 364 g/mol. The Hall–Kier alpha value is -0.120. The summed E-state index contributed by atoms with van der Waals surface area (Å²) in [4.78, 5) is 0. The maximum atomic E-state index is 11.8. The van der Waals surface area contributed by atoms with E-state index in [1.165, 1.54) is 32.1 Å². The minimum atomic E-state index is -0.298. The molecule has 0 aromatic rings. The molecule has 0 bridgehead atoms. The number of aliphatic hydroxyl groups excluding tert-OH is 3. The van der Waals surface area contributed by atoms with Crippen LogP contribution in [0, 0.1) is 40.4 Å². The first-order valence-electron chi connectivity index (χ1n) is 11.4. The van der Waals surface area contributed by atoms with Gasteiger partial charge in [0.05, 0.1) is 18.3 Å². The second-order valence-electron chi connectivity index (χ2n) is 10.8. The van der Waals surface area contributed by atoms with Crippen LogP contribution in [-0.4, -0.2) is 33.6 Å². The van der Waals surface area contributed by atoms with Gasteiger partial charge in [-0.25, -0.2) is 0 Å². The number of hydrogen-bond acceptors (Lipinski definition) is 3. The Morgan fingerprint density at radius 3 is 2.42 bits per heavy atom. The molecule has 10 atom stereocenters. The van der Waals surface area contributed by atoms with Crippen LogP contribution >= 0.6 is 0 Å². The summed E-state index contributed by atoms with van der Waals surface area (Å²) in [6.07, 6.45) is 10.0. The minimum Gasteiger partial charge on any atom is -0.393 e. The Morgan fingerprint density at radius 2 is 1.69 bits per heavy atom. The van der Waals surface area contributed by atoms with Crippen LogP contribution in [0.15, 0.2) is 0 Å². The van der Waals surface area contributed by atoms with Gasteiger partial charge in [-0.05, 0) is 91.8 Å². The third-order valence-corrected chi connectivity index (χ3v) is 9.81. The van der Waals surface area contributed by atoms with Crippen molar-refractivity contribution in [2.75, 3.05) is 0 Å². The van der Waals surface area contributed by atoms with E-state index in [1.54, 1.807) is 0 Å². The molecule has 4 aliphatic rings. The zero-order valence-electron chi connectivity index (χ0n) is 17.0. The average Bonchev–Trinajstić information content (AvgIpc) is 2.92. The summed E-state index contributed by atoms with van der Waals surface area (Å²) in [5, 5.41) is 33.0. The fourth-order valence-corrected chi connectivity index (χ4v) is 8.13. The Labute approximate surface area is 159 Å². The van der Waals surface area contributed by atoms with E-state index in [9.17, 15) is 15.3 Å². The first-order valence-corrected chi connectivity index (χ1v) is 11.4. The van der Waals surface area contributed by atoms with Crippen LogP contribution in [0.1, 0.15) is 85.0 Å². The summed E-state index contributed by atoms with van der Waals surface area (Å²) in [5.41, 5.74) is 0.103. The number of hydrogen-bond donors (Lipinski definition) is 3. The highest BCUT2D eigenvalue weighted by atomic mass is 16.3. The molecule has 4 aliphatic carbocycles. The van der Waals surface area contributed by atoms with Crippen molar-refractivity contribution in [3.63, 3.8) is 0 Å². The molecule has 0 radical (unpaired) electrons. The van der Waals surface area contributed by atoms with Crippen molar-refractivity contribution in [3.05, 3.63) is 0 Å². The fraction of sp³-hybridized carbons (Fsp3) is 1.00. The van der Waals surface area contributed by atoms with Gasteiger partial charge in [0.1, 0.15) is 0 Å². The summed E-state index contributed by atoms with van der Waals surface area (Å²) >= 11 is 0. The van der Waals surface area contributed by atoms with Crippen molar-refractivity contribution < 1.29 is 15.3 Å². The van der Waals surface area contributed by atoms with E-state index >= 15 is 0 Å². The molecule has 0 amide bonds. The van der Waals surface area contributed by atoms with Gasteiger partial charge >= 0.3 is 0 Å². The van der Waals surface area contributed by atoms with Gasteiger partial charge < -0.3 is 15.3 Å². The molecule has 0 aromatic heterocycles. The Kier molecular flexibility index (Phi) is 4.98. The molecule has 4 fully saturated rings. The summed E-state index contributed by atoms with van der Waals surface area (Å²) < 4.78 is 0. The molecule has 0 aromatic carbocycles. The first kappa shape index (κ1) is 19.2. The van der Waals surface area contributed by atoms with Gasteiger partial charge in [0.25, 0.3) is 0 Å². The van der Waals surface area contributed by atoms with Gasteiger partial charge in [0, 0.05) is 0 Å². The van der Waals surface area contributed by atoms with Crippen LogP contribution in [0.5, 0.6) is 0 Å². The van der Waals surface area contributed by atoms with Gasteiger partial charge in [-0.2, -0.15) is 0 Å². The predicted octanol–water partition coefficient (Wildman–Crippen LogP) is 4.14. The lowest BCUT2D eigenvalue weighted by Crippen LogP contribution is -2.63. The third kappa shape index (κ3) is 2.63. The molecule has 0 heterocycles. The van der Waals surface area contributed by atoms with Gasteiger partial charge in [-0.3, -0.25) is 0 Å². The van der Waals surface area contributed by atoms with E-state index in [1.807, 2.05) is 0 Å². The summed E-state index contributed by atoms with van der Waals surface area (Å²) in [5.74, 6) is 2.02. The lowest BCUT2D eigenvalue weighted by Gasteiger charge is -2.63. The zero-order chi connectivity index (χ0) is 18.7. The lowest BCUT2D eigenvalue weighted by atomic mass is 9.43. The number of unbranched alkanes of at least 4 members (excludes halogenated alkanes) is 1. The molecule has 3 N–H and O–H groups in total. The maximum absolute atomic E-state index is 11.8. The SMILES string of the molecule is CCCC[C@H]1CCC2CC3C([C@H](O)[C@@]21C)[C@@]1(C)CC[C@@H](O)CC1C[C@H]3O. The minimum absolute atomic E-state index is 0.0248. The molecular weight excluding hydrogens is 324 g/mol. The van der Waals surface area contributed by atoms with E-state index in [0.717, 1.165) is 32.1 Å². The second kappa shape index (κ2) is 6.74. The van der Waals surface area contributed by atoms with Crippen molar-refractivity contribution >= 4 is 0 Å². The highest BCUT2D eigenvalue weighted by molar-refractivity contribution is 5.14. The molecule has 0 aliphatic heterocycles. The number of aliphatic hydroxyl groups is 3. The lowest BCUT2D eigenvalue weighted by molar-refractivity contribution is -0.220. The third-order valence-electron chi connectivity index (χ3n) is 9.81. The van der Waals surface area contributed by atoms with Crippen LogP contribution in [0.3, 0.4) is 0 Å². The number of fused-ring (bicyclic) bond motifs is 4. The molecule has 0 saturated heterocycles. The second-order valence-corrected chi connectivity index (χ2v) is 10.8. The largest absolute Gasteiger partial charge is 0.393 e. The average molecular weight is 365 g/mol. The molecule has 26 heavy (non-hydrogen) atoms. The topological polar surface area (TPSA) is 60.7 Å². The highest BCUT2D eigenvalue weighted by Crippen LogP contribution is 2.67. The zero-order valence-corrected chi connectivity index (χ0v) is 17.0. The quantitative estimate of drug-likeness (QED) is 0.705. The smallest absolute Gasteiger partial charge is 0.0636 e. The van der Waals surface area contributed by atoms with Crippen LogP contribution < -0.4 is 0 Å². The Balaban J connectivity index is 1.67. The Morgan fingerprint density at radius 1 is 0.923 bits per heavy atom. The van der Waals surface area contributed by atoms with Crippen molar-refractivity contribution in [1.29, 1.82) is 0 Å². The molecule has 4 unspecified atom stereocenters. The van der Waals surface area contributed by atoms with Crippen molar-refractivity contribution in [2.24, 2.45) is 40.4 Å². The Bertz CT molecular complexity index is 522. The van der Waals surface area contributed by atoms with Gasteiger partial charge in [0.15, 0.2) is 0 Å². The van der Waals surface area contributed by atoms with E-state index in [-0.39, 0.29) is 41.0 Å². The summed E-state index contributed by atoms with van der Waals surface area (Å²) in [6.45, 7) is 7.01. The van der Waals surface area contributed by atoms with Crippen LogP contribution in [-0.2, 0) is 0 Å². The number of rotatable bonds is 3. The molecule has 3 heteroatoms. The van der Waals surface area contributed by atoms with Gasteiger partial charge in [0.2, 0.25) is 0 Å². The van der Waals surface area contributed by atoms with E-state index in [0.29, 0.717) is 17.8 Å². The summed E-state index contributed by atoms with van der Waals surface area (Å²) in [6, 6.07) is 0. The maximum Gasteiger partial charge on any atom is 0.0636 e. The van der Waals surface area contributed by atoms with E-state index in [2.05, 4.69) is 20.8 Å². The summed E-state index contributed by atoms with van der Waals surface area (Å²) in [7, 11) is 0. The highest BCUT2D eigenvalue weighted by Gasteiger charge is 2.65. The first-order chi connectivity index (χ1) is 12.3. The molecule has 3 nitrogen and oxygen atoms in total. The fourth-order valence-electron chi connectivity index (χ4n) is 8.13. The van der Waals surface area contributed by atoms with Crippen molar-refractivity contribution in [1.82, 2.24) is 0 Å². The molecule has 4 rings (SSSR count). The van der Waals surface area contributed by atoms with Crippen molar-refractivity contribution in [2.45, 2.75) is 103 Å². The van der Waals surface area contributed by atoms with E-state index < -0.39 is 0 Å². The van der Waals surface area contributed by atoms with Crippen LogP contribution in [0.4, 0.5) is 0 Å². The van der Waals surface area contributed by atoms with E-state index in [4.69, 9.17) is 0 Å². The normalized spacial score (nSPS) is 56.5. The van der Waals surface area contributed by atoms with Crippen molar-refractivity contribution in [3.8, 4) is 0 Å².